The highest BCUT2D eigenvalue weighted by Crippen LogP contribution is 2.40. The van der Waals surface area contributed by atoms with Crippen molar-refractivity contribution in [1.82, 2.24) is 4.90 Å². The number of nitrogens with zero attached hydrogens (tertiary/aromatic N) is 2. The Kier molecular flexibility index (Phi) is 5.01. The summed E-state index contributed by atoms with van der Waals surface area (Å²) in [7, 11) is 0. The predicted octanol–water partition coefficient (Wildman–Crippen LogP) is 3.64. The molecule has 0 atom stereocenters. The predicted molar refractivity (Wildman–Crippen MR) is 94.3 cm³/mol. The number of hydrogen-bond acceptors (Lipinski definition) is 5. The molecule has 1 saturated heterocycles. The zero-order valence-corrected chi connectivity index (χ0v) is 15.4. The molecular weight excluding hydrogens is 339 g/mol. The molecule has 1 aromatic carbocycles. The van der Waals surface area contributed by atoms with Gasteiger partial charge in [-0.25, -0.2) is 4.39 Å². The van der Waals surface area contributed by atoms with E-state index in [0.29, 0.717) is 23.9 Å². The first-order chi connectivity index (χ1) is 12.1. The normalized spacial score (nSPS) is 23.8. The molecule has 7 heteroatoms. The van der Waals surface area contributed by atoms with Gasteiger partial charge in [-0.3, -0.25) is 19.8 Å². The average Bonchev–Trinajstić information content (AvgIpc) is 2.42. The minimum Gasteiger partial charge on any atom is -0.460 e. The number of non-ortho nitro benzene ring substituents is 1. The zero-order chi connectivity index (χ0) is 19.1. The van der Waals surface area contributed by atoms with Gasteiger partial charge < -0.3 is 4.74 Å². The Labute approximate surface area is 152 Å². The summed E-state index contributed by atoms with van der Waals surface area (Å²) in [5.74, 6) is -0.193. The van der Waals surface area contributed by atoms with E-state index >= 15 is 0 Å². The quantitative estimate of drug-likeness (QED) is 0.453. The molecule has 2 fully saturated rings. The van der Waals surface area contributed by atoms with E-state index in [0.717, 1.165) is 32.0 Å². The van der Waals surface area contributed by atoms with Crippen LogP contribution in [0.4, 0.5) is 10.1 Å². The van der Waals surface area contributed by atoms with E-state index in [4.69, 9.17) is 4.74 Å². The first-order valence-electron chi connectivity index (χ1n) is 9.02. The highest BCUT2D eigenvalue weighted by atomic mass is 19.1. The fourth-order valence-electron chi connectivity index (χ4n) is 3.75. The van der Waals surface area contributed by atoms with Crippen LogP contribution in [0.15, 0.2) is 18.2 Å². The molecule has 3 rings (SSSR count). The van der Waals surface area contributed by atoms with Gasteiger partial charge in [0.25, 0.3) is 5.69 Å². The first-order valence-corrected chi connectivity index (χ1v) is 9.02. The van der Waals surface area contributed by atoms with Crippen molar-refractivity contribution < 1.29 is 18.8 Å². The number of nitro groups is 1. The molecule has 0 aromatic heterocycles. The second-order valence-corrected chi connectivity index (χ2v) is 8.40. The molecule has 0 radical (unpaired) electrons. The van der Waals surface area contributed by atoms with Crippen molar-refractivity contribution in [2.24, 2.45) is 5.92 Å². The maximum absolute atomic E-state index is 14.1. The van der Waals surface area contributed by atoms with E-state index in [9.17, 15) is 19.3 Å². The van der Waals surface area contributed by atoms with Crippen LogP contribution in [0.25, 0.3) is 0 Å². The lowest BCUT2D eigenvalue weighted by atomic mass is 9.75. The number of rotatable bonds is 5. The van der Waals surface area contributed by atoms with E-state index in [1.165, 1.54) is 12.1 Å². The molecule has 142 valence electrons. The van der Waals surface area contributed by atoms with Gasteiger partial charge in [0.2, 0.25) is 0 Å². The molecule has 1 aliphatic carbocycles. The van der Waals surface area contributed by atoms with Crippen LogP contribution >= 0.6 is 0 Å². The van der Waals surface area contributed by atoms with Gasteiger partial charge >= 0.3 is 5.97 Å². The minimum absolute atomic E-state index is 0.0840. The fraction of sp³-hybridized carbons (Fsp3) is 0.632. The van der Waals surface area contributed by atoms with E-state index in [2.05, 4.69) is 4.90 Å². The Balaban J connectivity index is 1.43. The maximum Gasteiger partial charge on any atom is 0.306 e. The summed E-state index contributed by atoms with van der Waals surface area (Å²) >= 11 is 0. The Bertz CT molecular complexity index is 704. The fourth-order valence-corrected chi connectivity index (χ4v) is 3.75. The van der Waals surface area contributed by atoms with Crippen LogP contribution in [0.2, 0.25) is 0 Å². The summed E-state index contributed by atoms with van der Waals surface area (Å²) < 4.78 is 19.4. The third-order valence-corrected chi connectivity index (χ3v) is 5.15. The van der Waals surface area contributed by atoms with Crippen molar-refractivity contribution in [3.05, 3.63) is 39.7 Å². The summed E-state index contributed by atoms with van der Waals surface area (Å²) in [5.41, 5.74) is -0.109. The van der Waals surface area contributed by atoms with E-state index in [1.807, 2.05) is 20.8 Å². The van der Waals surface area contributed by atoms with Crippen molar-refractivity contribution in [2.75, 3.05) is 13.1 Å². The number of carbonyl (C=O) groups is 1. The second-order valence-electron chi connectivity index (χ2n) is 8.40. The Morgan fingerprint density at radius 3 is 2.54 bits per heavy atom. The number of esters is 1. The highest BCUT2D eigenvalue weighted by molar-refractivity contribution is 5.70. The molecule has 1 aromatic rings. The van der Waals surface area contributed by atoms with Gasteiger partial charge in [0.1, 0.15) is 11.4 Å². The molecule has 1 aliphatic heterocycles. The minimum atomic E-state index is -0.584. The highest BCUT2D eigenvalue weighted by Gasteiger charge is 2.41. The van der Waals surface area contributed by atoms with E-state index < -0.39 is 16.3 Å². The topological polar surface area (TPSA) is 72.7 Å². The summed E-state index contributed by atoms with van der Waals surface area (Å²) in [4.78, 5) is 24.3. The summed E-state index contributed by atoms with van der Waals surface area (Å²) in [5, 5.41) is 10.7. The molecule has 0 unspecified atom stereocenters. The third-order valence-electron chi connectivity index (χ3n) is 5.15. The van der Waals surface area contributed by atoms with Crippen molar-refractivity contribution in [3.63, 3.8) is 0 Å². The van der Waals surface area contributed by atoms with Gasteiger partial charge in [-0.05, 0) is 51.2 Å². The smallest absolute Gasteiger partial charge is 0.306 e. The lowest BCUT2D eigenvalue weighted by Crippen LogP contribution is -2.55. The molecule has 26 heavy (non-hydrogen) atoms. The second kappa shape index (κ2) is 6.95. The van der Waals surface area contributed by atoms with Crippen molar-refractivity contribution in [1.29, 1.82) is 0 Å². The number of nitro benzene ring substituents is 1. The van der Waals surface area contributed by atoms with Crippen LogP contribution < -0.4 is 0 Å². The van der Waals surface area contributed by atoms with Gasteiger partial charge in [-0.2, -0.15) is 0 Å². The van der Waals surface area contributed by atoms with Crippen molar-refractivity contribution >= 4 is 11.7 Å². The standard InChI is InChI=1S/C19H25FN2O4/c1-19(2,3)26-18(23)8-12-6-15(7-12)21-10-13(11-21)16-5-4-14(22(24)25)9-17(16)20/h4-5,9,12-13,15H,6-8,10-11H2,1-3H3. The molecule has 6 nitrogen and oxygen atoms in total. The van der Waals surface area contributed by atoms with Gasteiger partial charge in [0.15, 0.2) is 0 Å². The molecule has 0 N–H and O–H groups in total. The maximum atomic E-state index is 14.1. The lowest BCUT2D eigenvalue weighted by molar-refractivity contribution is -0.385. The Morgan fingerprint density at radius 2 is 2.00 bits per heavy atom. The number of likely N-dealkylation sites (tertiary alicyclic amines) is 1. The molecule has 2 aliphatic rings. The van der Waals surface area contributed by atoms with Gasteiger partial charge in [-0.15, -0.1) is 0 Å². The van der Waals surface area contributed by atoms with Crippen LogP contribution in [0.1, 0.15) is 51.5 Å². The summed E-state index contributed by atoms with van der Waals surface area (Å²) in [6.07, 6.45) is 2.39. The van der Waals surface area contributed by atoms with Crippen LogP contribution in [-0.4, -0.2) is 40.5 Å². The molecule has 1 saturated carbocycles. The number of hydrogen-bond donors (Lipinski definition) is 0. The lowest BCUT2D eigenvalue weighted by Gasteiger charge is -2.50. The summed E-state index contributed by atoms with van der Waals surface area (Å²) in [6, 6.07) is 4.33. The molecule has 1 heterocycles. The van der Waals surface area contributed by atoms with Gasteiger partial charge in [-0.1, -0.05) is 0 Å². The SMILES string of the molecule is CC(C)(C)OC(=O)CC1CC(N2CC(c3ccc([N+](=O)[O-])cc3F)C2)C1. The summed E-state index contributed by atoms with van der Waals surface area (Å²) in [6.45, 7) is 7.13. The van der Waals surface area contributed by atoms with Crippen LogP contribution in [-0.2, 0) is 9.53 Å². The number of ether oxygens (including phenoxy) is 1. The Hall–Kier alpha value is -2.02. The molecular formula is C19H25FN2O4. The van der Waals surface area contributed by atoms with Crippen LogP contribution in [0.3, 0.4) is 0 Å². The van der Waals surface area contributed by atoms with Gasteiger partial charge in [0.05, 0.1) is 11.0 Å². The molecule has 0 amide bonds. The monoisotopic (exact) mass is 364 g/mol. The van der Waals surface area contributed by atoms with Crippen molar-refractivity contribution in [2.45, 2.75) is 57.6 Å². The average molecular weight is 364 g/mol. The van der Waals surface area contributed by atoms with Crippen LogP contribution in [0, 0.1) is 21.8 Å². The third kappa shape index (κ3) is 4.20. The van der Waals surface area contributed by atoms with Gasteiger partial charge in [0, 0.05) is 37.5 Å². The first kappa shape index (κ1) is 18.8. The van der Waals surface area contributed by atoms with E-state index in [1.54, 1.807) is 0 Å². The molecule has 0 bridgehead atoms. The number of benzene rings is 1. The number of halogens is 1. The zero-order valence-electron chi connectivity index (χ0n) is 15.4. The van der Waals surface area contributed by atoms with E-state index in [-0.39, 0.29) is 17.6 Å². The molecule has 0 spiro atoms. The largest absolute Gasteiger partial charge is 0.460 e. The van der Waals surface area contributed by atoms with Crippen LogP contribution in [0.5, 0.6) is 0 Å². The Morgan fingerprint density at radius 1 is 1.35 bits per heavy atom. The number of carbonyl (C=O) groups excluding carboxylic acids is 1. The van der Waals surface area contributed by atoms with Crippen molar-refractivity contribution in [3.8, 4) is 0 Å².